The van der Waals surface area contributed by atoms with Crippen LogP contribution in [0.1, 0.15) is 108 Å². The molecule has 3 rings (SSSR count). The van der Waals surface area contributed by atoms with Gasteiger partial charge in [0, 0.05) is 23.5 Å². The zero-order chi connectivity index (χ0) is 22.3. The summed E-state index contributed by atoms with van der Waals surface area (Å²) in [5.74, 6) is 0.885. The molecule has 30 heavy (non-hydrogen) atoms. The number of ketones is 1. The predicted molar refractivity (Wildman–Crippen MR) is 129 cm³/mol. The molecule has 0 spiro atoms. The lowest BCUT2D eigenvalue weighted by molar-refractivity contribution is 0.101. The second-order valence-corrected chi connectivity index (χ2v) is 11.5. The Bertz CT molecular complexity index is 879. The van der Waals surface area contributed by atoms with E-state index in [9.17, 15) is 4.79 Å². The molecule has 0 atom stereocenters. The Morgan fingerprint density at radius 3 is 1.90 bits per heavy atom. The van der Waals surface area contributed by atoms with Gasteiger partial charge in [0.25, 0.3) is 0 Å². The summed E-state index contributed by atoms with van der Waals surface area (Å²) in [5.41, 5.74) is 7.33. The molecule has 1 aliphatic carbocycles. The fourth-order valence-corrected chi connectivity index (χ4v) is 4.75. The molecule has 2 nitrogen and oxygen atoms in total. The molecule has 1 aromatic carbocycles. The molecule has 1 fully saturated rings. The fourth-order valence-electron chi connectivity index (χ4n) is 4.75. The van der Waals surface area contributed by atoms with Crippen molar-refractivity contribution in [2.45, 2.75) is 105 Å². The van der Waals surface area contributed by atoms with E-state index >= 15 is 0 Å². The van der Waals surface area contributed by atoms with Crippen molar-refractivity contribution >= 4 is 5.78 Å². The number of hydrogen-bond acceptors (Lipinski definition) is 1. The van der Waals surface area contributed by atoms with Gasteiger partial charge in [-0.15, -0.1) is 0 Å². The standard InChI is InChI=1S/C28H41NO/c1-19-25(20(2)30)17-26(29(19)18-21-12-10-9-11-13-21)22-14-23(27(3,4)5)16-24(15-22)28(6,7)8/h14-17,21H,9-13,18H2,1-8H3. The van der Waals surface area contributed by atoms with Crippen LogP contribution in [0.4, 0.5) is 0 Å². The van der Waals surface area contributed by atoms with Crippen LogP contribution in [-0.2, 0) is 17.4 Å². The number of Topliss-reactive ketones (excluding diaryl/α,β-unsaturated/α-hetero) is 1. The van der Waals surface area contributed by atoms with Gasteiger partial charge in [0.1, 0.15) is 0 Å². The highest BCUT2D eigenvalue weighted by Crippen LogP contribution is 2.36. The average Bonchev–Trinajstić information content (AvgIpc) is 2.97. The van der Waals surface area contributed by atoms with Crippen LogP contribution in [0.25, 0.3) is 11.3 Å². The summed E-state index contributed by atoms with van der Waals surface area (Å²) in [5, 5.41) is 0. The predicted octanol–water partition coefficient (Wildman–Crippen LogP) is 7.84. The molecule has 0 radical (unpaired) electrons. The first-order valence-corrected chi connectivity index (χ1v) is 11.8. The number of benzene rings is 1. The third-order valence-electron chi connectivity index (χ3n) is 6.87. The maximum Gasteiger partial charge on any atom is 0.161 e. The van der Waals surface area contributed by atoms with Crippen LogP contribution in [0.5, 0.6) is 0 Å². The van der Waals surface area contributed by atoms with Crippen molar-refractivity contribution in [2.24, 2.45) is 5.92 Å². The molecule has 0 N–H and O–H groups in total. The van der Waals surface area contributed by atoms with Crippen molar-refractivity contribution in [1.29, 1.82) is 0 Å². The molecule has 1 aromatic heterocycles. The largest absolute Gasteiger partial charge is 0.344 e. The van der Waals surface area contributed by atoms with Gasteiger partial charge in [0.2, 0.25) is 0 Å². The highest BCUT2D eigenvalue weighted by Gasteiger charge is 2.24. The normalized spacial score (nSPS) is 16.1. The Hall–Kier alpha value is -1.83. The number of carbonyl (C=O) groups excluding carboxylic acids is 1. The lowest BCUT2D eigenvalue weighted by atomic mass is 9.79. The van der Waals surface area contributed by atoms with E-state index in [2.05, 4.69) is 77.3 Å². The molecule has 2 heteroatoms. The van der Waals surface area contributed by atoms with Crippen molar-refractivity contribution < 1.29 is 4.79 Å². The summed E-state index contributed by atoms with van der Waals surface area (Å²) in [6.07, 6.45) is 6.67. The maximum absolute atomic E-state index is 12.4. The van der Waals surface area contributed by atoms with Gasteiger partial charge in [-0.1, -0.05) is 66.9 Å². The summed E-state index contributed by atoms with van der Waals surface area (Å²) in [4.78, 5) is 12.4. The molecule has 164 valence electrons. The van der Waals surface area contributed by atoms with E-state index in [4.69, 9.17) is 0 Å². The SMILES string of the molecule is CC(=O)c1cc(-c2cc(C(C)(C)C)cc(C(C)(C)C)c2)n(CC2CCCCC2)c1C. The molecule has 2 aromatic rings. The Morgan fingerprint density at radius 1 is 0.900 bits per heavy atom. The average molecular weight is 408 g/mol. The molecule has 1 saturated carbocycles. The second kappa shape index (κ2) is 8.36. The number of rotatable bonds is 4. The first-order valence-electron chi connectivity index (χ1n) is 11.8. The van der Waals surface area contributed by atoms with Crippen molar-refractivity contribution in [3.63, 3.8) is 0 Å². The van der Waals surface area contributed by atoms with Gasteiger partial charge in [-0.25, -0.2) is 0 Å². The zero-order valence-electron chi connectivity index (χ0n) is 20.5. The topological polar surface area (TPSA) is 22.0 Å². The first-order chi connectivity index (χ1) is 13.9. The van der Waals surface area contributed by atoms with Gasteiger partial charge in [0.05, 0.1) is 0 Å². The molecule has 0 saturated heterocycles. The summed E-state index contributed by atoms with van der Waals surface area (Å²) in [6, 6.07) is 9.22. The third-order valence-corrected chi connectivity index (χ3v) is 6.87. The molecule has 0 bridgehead atoms. The van der Waals surface area contributed by atoms with Gasteiger partial charge >= 0.3 is 0 Å². The summed E-state index contributed by atoms with van der Waals surface area (Å²) in [7, 11) is 0. The Balaban J connectivity index is 2.18. The van der Waals surface area contributed by atoms with E-state index in [0.29, 0.717) is 0 Å². The van der Waals surface area contributed by atoms with Crippen LogP contribution < -0.4 is 0 Å². The highest BCUT2D eigenvalue weighted by molar-refractivity contribution is 5.96. The van der Waals surface area contributed by atoms with Crippen LogP contribution in [0.3, 0.4) is 0 Å². The Morgan fingerprint density at radius 2 is 1.43 bits per heavy atom. The van der Waals surface area contributed by atoms with Crippen molar-refractivity contribution in [3.05, 3.63) is 46.6 Å². The van der Waals surface area contributed by atoms with Crippen LogP contribution in [0.2, 0.25) is 0 Å². The van der Waals surface area contributed by atoms with Gasteiger partial charge in [-0.2, -0.15) is 0 Å². The van der Waals surface area contributed by atoms with E-state index in [1.54, 1.807) is 6.92 Å². The minimum Gasteiger partial charge on any atom is -0.344 e. The lowest BCUT2D eigenvalue weighted by Gasteiger charge is -2.27. The lowest BCUT2D eigenvalue weighted by Crippen LogP contribution is -2.18. The fraction of sp³-hybridized carbons (Fsp3) is 0.607. The van der Waals surface area contributed by atoms with Crippen LogP contribution in [0, 0.1) is 12.8 Å². The molecular formula is C28H41NO. The van der Waals surface area contributed by atoms with E-state index < -0.39 is 0 Å². The number of hydrogen-bond donors (Lipinski definition) is 0. The summed E-state index contributed by atoms with van der Waals surface area (Å²) in [6.45, 7) is 18.6. The van der Waals surface area contributed by atoms with Gasteiger partial charge in [0.15, 0.2) is 5.78 Å². The minimum absolute atomic E-state index is 0.0786. The van der Waals surface area contributed by atoms with Crippen molar-refractivity contribution in [1.82, 2.24) is 4.57 Å². The van der Waals surface area contributed by atoms with Crippen LogP contribution in [-0.4, -0.2) is 10.4 Å². The highest BCUT2D eigenvalue weighted by atomic mass is 16.1. The number of carbonyl (C=O) groups is 1. The summed E-state index contributed by atoms with van der Waals surface area (Å²) >= 11 is 0. The zero-order valence-corrected chi connectivity index (χ0v) is 20.5. The van der Waals surface area contributed by atoms with Crippen molar-refractivity contribution in [3.8, 4) is 11.3 Å². The minimum atomic E-state index is 0.0786. The third kappa shape index (κ3) is 4.90. The number of nitrogens with zero attached hydrogens (tertiary/aromatic N) is 1. The van der Waals surface area contributed by atoms with Gasteiger partial charge in [-0.05, 0) is 78.3 Å². The van der Waals surface area contributed by atoms with E-state index in [0.717, 1.165) is 23.7 Å². The first kappa shape index (κ1) is 22.8. The molecule has 1 aliphatic rings. The Labute approximate surface area is 184 Å². The van der Waals surface area contributed by atoms with Crippen molar-refractivity contribution in [2.75, 3.05) is 0 Å². The van der Waals surface area contributed by atoms with Crippen LogP contribution in [0.15, 0.2) is 24.3 Å². The van der Waals surface area contributed by atoms with E-state index in [1.807, 2.05) is 0 Å². The molecular weight excluding hydrogens is 366 g/mol. The molecule has 0 amide bonds. The van der Waals surface area contributed by atoms with E-state index in [-0.39, 0.29) is 16.6 Å². The monoisotopic (exact) mass is 407 g/mol. The molecule has 0 unspecified atom stereocenters. The van der Waals surface area contributed by atoms with Gasteiger partial charge < -0.3 is 4.57 Å². The molecule has 1 heterocycles. The van der Waals surface area contributed by atoms with Gasteiger partial charge in [-0.3, -0.25) is 4.79 Å². The molecule has 0 aliphatic heterocycles. The maximum atomic E-state index is 12.4. The quantitative estimate of drug-likeness (QED) is 0.473. The van der Waals surface area contributed by atoms with Crippen LogP contribution >= 0.6 is 0 Å². The number of aromatic nitrogens is 1. The summed E-state index contributed by atoms with van der Waals surface area (Å²) < 4.78 is 2.45. The second-order valence-electron chi connectivity index (χ2n) is 11.5. The smallest absolute Gasteiger partial charge is 0.161 e. The Kier molecular flexibility index (Phi) is 6.37. The van der Waals surface area contributed by atoms with E-state index in [1.165, 1.54) is 54.5 Å².